The van der Waals surface area contributed by atoms with Gasteiger partial charge in [-0.25, -0.2) is 0 Å². The van der Waals surface area contributed by atoms with Crippen LogP contribution in [-0.4, -0.2) is 35.5 Å². The van der Waals surface area contributed by atoms with Gasteiger partial charge in [-0.2, -0.15) is 0 Å². The number of rotatable bonds is 3. The van der Waals surface area contributed by atoms with E-state index >= 15 is 0 Å². The number of benzene rings is 6. The SMILES string of the molecule is Cn1c2ccccc2c2c[c]([Bi]([c]3ccc4c(c3)c3ccccc3n4C)[c]3ccc4c(c3)c3ccccc3n4C)ccc21. The molecule has 0 unspecified atom stereocenters. The van der Waals surface area contributed by atoms with Gasteiger partial charge in [0, 0.05) is 0 Å². The van der Waals surface area contributed by atoms with Crippen molar-refractivity contribution in [1.29, 1.82) is 0 Å². The van der Waals surface area contributed by atoms with Crippen LogP contribution in [0.3, 0.4) is 0 Å². The molecule has 0 spiro atoms. The van der Waals surface area contributed by atoms with Crippen LogP contribution in [-0.2, 0) is 21.1 Å². The summed E-state index contributed by atoms with van der Waals surface area (Å²) in [5.41, 5.74) is 7.74. The van der Waals surface area contributed by atoms with Gasteiger partial charge >= 0.3 is 259 Å². The number of aryl methyl sites for hydroxylation is 3. The molecule has 3 aromatic heterocycles. The molecule has 0 saturated carbocycles. The van der Waals surface area contributed by atoms with E-state index in [1.165, 1.54) is 75.2 Å². The molecular formula is C39H30BiN3. The fourth-order valence-electron chi connectivity index (χ4n) is 7.33. The Hall–Kier alpha value is -4.40. The van der Waals surface area contributed by atoms with Gasteiger partial charge in [0.2, 0.25) is 0 Å². The van der Waals surface area contributed by atoms with Crippen molar-refractivity contribution in [2.24, 2.45) is 21.1 Å². The second kappa shape index (κ2) is 9.30. The molecule has 9 rings (SSSR count). The topological polar surface area (TPSA) is 14.8 Å². The van der Waals surface area contributed by atoms with Crippen molar-refractivity contribution in [2.75, 3.05) is 0 Å². The van der Waals surface area contributed by atoms with Gasteiger partial charge in [0.15, 0.2) is 0 Å². The molecule has 0 fully saturated rings. The van der Waals surface area contributed by atoms with Crippen LogP contribution >= 0.6 is 0 Å². The Kier molecular flexibility index (Phi) is 5.44. The van der Waals surface area contributed by atoms with Crippen molar-refractivity contribution in [3.63, 3.8) is 0 Å². The molecule has 3 heterocycles. The molecule has 0 aliphatic heterocycles. The van der Waals surface area contributed by atoms with E-state index in [-0.39, 0.29) is 0 Å². The van der Waals surface area contributed by atoms with Crippen LogP contribution in [0, 0.1) is 0 Å². The van der Waals surface area contributed by atoms with Crippen LogP contribution in [0.1, 0.15) is 0 Å². The monoisotopic (exact) mass is 749 g/mol. The van der Waals surface area contributed by atoms with E-state index in [2.05, 4.69) is 162 Å². The Morgan fingerprint density at radius 3 is 0.930 bits per heavy atom. The molecule has 206 valence electrons. The minimum atomic E-state index is -2.78. The maximum atomic E-state index is 2.52. The molecule has 0 atom stereocenters. The predicted octanol–water partition coefficient (Wildman–Crippen LogP) is 7.14. The van der Waals surface area contributed by atoms with E-state index in [1.807, 2.05) is 0 Å². The molecular weight excluding hydrogens is 719 g/mol. The summed E-state index contributed by atoms with van der Waals surface area (Å²) < 4.78 is 11.5. The number of hydrogen-bond acceptors (Lipinski definition) is 0. The van der Waals surface area contributed by atoms with Gasteiger partial charge in [0.25, 0.3) is 0 Å². The van der Waals surface area contributed by atoms with Gasteiger partial charge in [-0.05, 0) is 0 Å². The van der Waals surface area contributed by atoms with Crippen LogP contribution in [0.4, 0.5) is 0 Å². The predicted molar refractivity (Wildman–Crippen MR) is 186 cm³/mol. The Labute approximate surface area is 257 Å². The average Bonchev–Trinajstić information content (AvgIpc) is 3.62. The average molecular weight is 750 g/mol. The number of aromatic nitrogens is 3. The van der Waals surface area contributed by atoms with Gasteiger partial charge < -0.3 is 0 Å². The zero-order valence-corrected chi connectivity index (χ0v) is 27.9. The number of para-hydroxylation sites is 3. The maximum absolute atomic E-state index is 2.78. The van der Waals surface area contributed by atoms with Crippen LogP contribution < -0.4 is 9.81 Å². The molecule has 0 saturated heterocycles. The Balaban J connectivity index is 1.34. The second-order valence-corrected chi connectivity index (χ2v) is 20.3. The first-order chi connectivity index (χ1) is 21.1. The quantitative estimate of drug-likeness (QED) is 0.171. The van der Waals surface area contributed by atoms with Gasteiger partial charge in [-0.15, -0.1) is 0 Å². The molecule has 0 aliphatic carbocycles. The van der Waals surface area contributed by atoms with Gasteiger partial charge in [-0.1, -0.05) is 0 Å². The van der Waals surface area contributed by atoms with Crippen molar-refractivity contribution in [3.8, 4) is 0 Å². The van der Waals surface area contributed by atoms with Crippen molar-refractivity contribution in [3.05, 3.63) is 127 Å². The zero-order valence-electron chi connectivity index (χ0n) is 24.4. The van der Waals surface area contributed by atoms with Crippen molar-refractivity contribution >= 4 is 97.0 Å². The molecule has 9 aromatic rings. The third-order valence-corrected chi connectivity index (χ3v) is 18.7. The van der Waals surface area contributed by atoms with E-state index in [4.69, 9.17) is 0 Å². The van der Waals surface area contributed by atoms with Crippen LogP contribution in [0.15, 0.2) is 127 Å². The van der Waals surface area contributed by atoms with E-state index in [0.29, 0.717) is 0 Å². The van der Waals surface area contributed by atoms with Crippen LogP contribution in [0.25, 0.3) is 65.4 Å². The molecule has 0 amide bonds. The van der Waals surface area contributed by atoms with Crippen molar-refractivity contribution in [1.82, 2.24) is 13.7 Å². The van der Waals surface area contributed by atoms with Crippen molar-refractivity contribution in [2.45, 2.75) is 0 Å². The Bertz CT molecular complexity index is 2280. The Morgan fingerprint density at radius 1 is 0.326 bits per heavy atom. The fraction of sp³-hybridized carbons (Fsp3) is 0.0769. The first-order valence-electron chi connectivity index (χ1n) is 14.8. The molecule has 3 nitrogen and oxygen atoms in total. The Morgan fingerprint density at radius 2 is 0.605 bits per heavy atom. The number of fused-ring (bicyclic) bond motifs is 9. The summed E-state index contributed by atoms with van der Waals surface area (Å²) in [6, 6.07) is 48.4. The third-order valence-electron chi connectivity index (χ3n) is 9.47. The van der Waals surface area contributed by atoms with E-state index in [9.17, 15) is 0 Å². The molecule has 6 aromatic carbocycles. The minimum absolute atomic E-state index is 1.29. The summed E-state index contributed by atoms with van der Waals surface area (Å²) in [6.07, 6.45) is 0. The molecule has 0 radical (unpaired) electrons. The summed E-state index contributed by atoms with van der Waals surface area (Å²) in [5, 5.41) is 8.06. The van der Waals surface area contributed by atoms with Crippen LogP contribution in [0.5, 0.6) is 0 Å². The molecule has 43 heavy (non-hydrogen) atoms. The van der Waals surface area contributed by atoms with Crippen molar-refractivity contribution < 1.29 is 0 Å². The van der Waals surface area contributed by atoms with E-state index < -0.39 is 21.8 Å². The summed E-state index contributed by atoms with van der Waals surface area (Å²) in [7, 11) is 6.56. The number of nitrogens with zero attached hydrogens (tertiary/aromatic N) is 3. The third kappa shape index (κ3) is 3.57. The van der Waals surface area contributed by atoms with Gasteiger partial charge in [0.05, 0.1) is 0 Å². The fourth-order valence-corrected chi connectivity index (χ4v) is 16.4. The normalized spacial score (nSPS) is 12.3. The number of hydrogen-bond donors (Lipinski definition) is 0. The molecule has 4 heteroatoms. The first kappa shape index (κ1) is 25.1. The standard InChI is InChI=1S/3C13H10N.Bi/c3*1-14-12-8-4-2-6-10(12)11-7-3-5-9-13(11)14;/h3*2,4-9H,1H3;. The summed E-state index contributed by atoms with van der Waals surface area (Å²) >= 11 is -2.78. The van der Waals surface area contributed by atoms with E-state index in [0.717, 1.165) is 0 Å². The van der Waals surface area contributed by atoms with Crippen LogP contribution in [0.2, 0.25) is 0 Å². The summed E-state index contributed by atoms with van der Waals surface area (Å²) in [5.74, 6) is 0. The molecule has 0 N–H and O–H groups in total. The first-order valence-corrected chi connectivity index (χ1v) is 20.0. The molecule has 0 bridgehead atoms. The summed E-state index contributed by atoms with van der Waals surface area (Å²) in [4.78, 5) is 0. The zero-order chi connectivity index (χ0) is 28.8. The second-order valence-electron chi connectivity index (χ2n) is 11.7. The summed E-state index contributed by atoms with van der Waals surface area (Å²) in [6.45, 7) is 0. The van der Waals surface area contributed by atoms with Gasteiger partial charge in [0.1, 0.15) is 0 Å². The van der Waals surface area contributed by atoms with Gasteiger partial charge in [-0.3, -0.25) is 0 Å². The molecule has 0 aliphatic rings. The van der Waals surface area contributed by atoms with E-state index in [1.54, 1.807) is 0 Å².